The SMILES string of the molecule is CCOc1ccc(Oc2cc(NC)nc(C(C)C)n2)cc1. The van der Waals surface area contributed by atoms with E-state index in [4.69, 9.17) is 9.47 Å². The third kappa shape index (κ3) is 4.08. The Labute approximate surface area is 125 Å². The molecule has 0 aliphatic rings. The van der Waals surface area contributed by atoms with Crippen LogP contribution in [-0.2, 0) is 0 Å². The molecule has 1 aromatic carbocycles. The molecule has 1 heterocycles. The van der Waals surface area contributed by atoms with Crippen molar-refractivity contribution in [3.05, 3.63) is 36.2 Å². The molecule has 5 nitrogen and oxygen atoms in total. The lowest BCUT2D eigenvalue weighted by atomic mass is 10.2. The first-order chi connectivity index (χ1) is 10.1. The van der Waals surface area contributed by atoms with Gasteiger partial charge in [0.05, 0.1) is 6.61 Å². The molecule has 21 heavy (non-hydrogen) atoms. The molecule has 5 heteroatoms. The fraction of sp³-hybridized carbons (Fsp3) is 0.375. The topological polar surface area (TPSA) is 56.3 Å². The summed E-state index contributed by atoms with van der Waals surface area (Å²) in [5.41, 5.74) is 0. The van der Waals surface area contributed by atoms with Gasteiger partial charge >= 0.3 is 0 Å². The first kappa shape index (κ1) is 15.1. The third-order valence-electron chi connectivity index (χ3n) is 2.85. The van der Waals surface area contributed by atoms with E-state index < -0.39 is 0 Å². The Morgan fingerprint density at radius 2 is 1.76 bits per heavy atom. The van der Waals surface area contributed by atoms with Crippen molar-refractivity contribution < 1.29 is 9.47 Å². The van der Waals surface area contributed by atoms with E-state index in [0.29, 0.717) is 18.2 Å². The van der Waals surface area contributed by atoms with Gasteiger partial charge in [-0.1, -0.05) is 13.8 Å². The van der Waals surface area contributed by atoms with Gasteiger partial charge in [-0.15, -0.1) is 0 Å². The summed E-state index contributed by atoms with van der Waals surface area (Å²) in [4.78, 5) is 8.84. The molecule has 0 amide bonds. The first-order valence-corrected chi connectivity index (χ1v) is 7.09. The molecule has 0 aliphatic carbocycles. The second-order valence-electron chi connectivity index (χ2n) is 4.86. The number of hydrogen-bond acceptors (Lipinski definition) is 5. The fourth-order valence-corrected chi connectivity index (χ4v) is 1.77. The molecule has 0 spiro atoms. The molecule has 0 saturated heterocycles. The minimum atomic E-state index is 0.237. The maximum atomic E-state index is 5.80. The standard InChI is InChI=1S/C16H21N3O2/c1-5-20-12-6-8-13(9-7-12)21-15-10-14(17-4)18-16(19-15)11(2)3/h6-11H,5H2,1-4H3,(H,17,18,19). The Hall–Kier alpha value is -2.30. The van der Waals surface area contributed by atoms with Gasteiger partial charge in [-0.05, 0) is 31.2 Å². The Morgan fingerprint density at radius 1 is 1.10 bits per heavy atom. The van der Waals surface area contributed by atoms with Crippen molar-refractivity contribution in [3.63, 3.8) is 0 Å². The largest absolute Gasteiger partial charge is 0.494 e. The second-order valence-corrected chi connectivity index (χ2v) is 4.86. The molecule has 0 radical (unpaired) electrons. The van der Waals surface area contributed by atoms with E-state index in [9.17, 15) is 0 Å². The van der Waals surface area contributed by atoms with E-state index >= 15 is 0 Å². The summed E-state index contributed by atoms with van der Waals surface area (Å²) in [5, 5.41) is 3.02. The van der Waals surface area contributed by atoms with Gasteiger partial charge in [-0.25, -0.2) is 4.98 Å². The molecule has 2 rings (SSSR count). The van der Waals surface area contributed by atoms with Crippen LogP contribution in [0.2, 0.25) is 0 Å². The summed E-state index contributed by atoms with van der Waals surface area (Å²) in [6.07, 6.45) is 0. The number of nitrogens with one attached hydrogen (secondary N) is 1. The summed E-state index contributed by atoms with van der Waals surface area (Å²) >= 11 is 0. The van der Waals surface area contributed by atoms with E-state index in [0.717, 1.165) is 17.4 Å². The molecule has 1 aromatic heterocycles. The summed E-state index contributed by atoms with van der Waals surface area (Å²) in [6.45, 7) is 6.71. The van der Waals surface area contributed by atoms with Gasteiger partial charge in [-0.3, -0.25) is 0 Å². The summed E-state index contributed by atoms with van der Waals surface area (Å²) < 4.78 is 11.2. The number of benzene rings is 1. The molecule has 0 unspecified atom stereocenters. The smallest absolute Gasteiger partial charge is 0.224 e. The highest BCUT2D eigenvalue weighted by molar-refractivity contribution is 5.40. The van der Waals surface area contributed by atoms with Crippen LogP contribution in [0.15, 0.2) is 30.3 Å². The van der Waals surface area contributed by atoms with Crippen molar-refractivity contribution in [3.8, 4) is 17.4 Å². The monoisotopic (exact) mass is 287 g/mol. The van der Waals surface area contributed by atoms with Crippen LogP contribution < -0.4 is 14.8 Å². The molecular weight excluding hydrogens is 266 g/mol. The summed E-state index contributed by atoms with van der Waals surface area (Å²) in [7, 11) is 1.83. The van der Waals surface area contributed by atoms with Gasteiger partial charge in [0.15, 0.2) is 0 Å². The molecule has 2 aromatic rings. The molecule has 1 N–H and O–H groups in total. The molecule has 0 bridgehead atoms. The first-order valence-electron chi connectivity index (χ1n) is 7.09. The predicted octanol–water partition coefficient (Wildman–Crippen LogP) is 3.83. The van der Waals surface area contributed by atoms with E-state index in [-0.39, 0.29) is 5.92 Å². The number of ether oxygens (including phenoxy) is 2. The maximum absolute atomic E-state index is 5.80. The Bertz CT molecular complexity index is 583. The van der Waals surface area contributed by atoms with Crippen molar-refractivity contribution in [1.82, 2.24) is 9.97 Å². The highest BCUT2D eigenvalue weighted by atomic mass is 16.5. The van der Waals surface area contributed by atoms with Crippen LogP contribution in [0.5, 0.6) is 17.4 Å². The third-order valence-corrected chi connectivity index (χ3v) is 2.85. The predicted molar refractivity (Wildman–Crippen MR) is 83.4 cm³/mol. The van der Waals surface area contributed by atoms with Crippen LogP contribution in [0.3, 0.4) is 0 Å². The van der Waals surface area contributed by atoms with Gasteiger partial charge in [0.25, 0.3) is 0 Å². The normalized spacial score (nSPS) is 10.5. The van der Waals surface area contributed by atoms with Crippen LogP contribution in [0.4, 0.5) is 5.82 Å². The Balaban J connectivity index is 2.19. The molecule has 0 saturated carbocycles. The fourth-order valence-electron chi connectivity index (χ4n) is 1.77. The van der Waals surface area contributed by atoms with Gasteiger partial charge in [0, 0.05) is 19.0 Å². The van der Waals surface area contributed by atoms with Gasteiger partial charge in [0.1, 0.15) is 23.1 Å². The van der Waals surface area contributed by atoms with Crippen molar-refractivity contribution in [2.24, 2.45) is 0 Å². The highest BCUT2D eigenvalue weighted by Gasteiger charge is 2.09. The zero-order chi connectivity index (χ0) is 15.2. The van der Waals surface area contributed by atoms with E-state index in [1.165, 1.54) is 0 Å². The van der Waals surface area contributed by atoms with Gasteiger partial charge in [0.2, 0.25) is 5.88 Å². The highest BCUT2D eigenvalue weighted by Crippen LogP contribution is 2.25. The van der Waals surface area contributed by atoms with Crippen LogP contribution >= 0.6 is 0 Å². The number of nitrogens with zero attached hydrogens (tertiary/aromatic N) is 2. The number of rotatable bonds is 6. The lowest BCUT2D eigenvalue weighted by Crippen LogP contribution is -2.03. The number of anilines is 1. The zero-order valence-electron chi connectivity index (χ0n) is 12.9. The second kappa shape index (κ2) is 6.92. The molecular formula is C16H21N3O2. The minimum absolute atomic E-state index is 0.237. The average molecular weight is 287 g/mol. The number of hydrogen-bond donors (Lipinski definition) is 1. The van der Waals surface area contributed by atoms with Gasteiger partial charge < -0.3 is 14.8 Å². The maximum Gasteiger partial charge on any atom is 0.224 e. The van der Waals surface area contributed by atoms with Crippen molar-refractivity contribution >= 4 is 5.82 Å². The zero-order valence-corrected chi connectivity index (χ0v) is 12.9. The van der Waals surface area contributed by atoms with Crippen LogP contribution in [-0.4, -0.2) is 23.6 Å². The van der Waals surface area contributed by atoms with E-state index in [1.54, 1.807) is 6.07 Å². The van der Waals surface area contributed by atoms with E-state index in [2.05, 4.69) is 29.1 Å². The molecule has 0 aliphatic heterocycles. The van der Waals surface area contributed by atoms with Gasteiger partial charge in [-0.2, -0.15) is 4.98 Å². The summed E-state index contributed by atoms with van der Waals surface area (Å²) in [5.74, 6) is 3.81. The average Bonchev–Trinajstić information content (AvgIpc) is 2.49. The number of aromatic nitrogens is 2. The summed E-state index contributed by atoms with van der Waals surface area (Å²) in [6, 6.07) is 9.26. The van der Waals surface area contributed by atoms with Crippen molar-refractivity contribution in [1.29, 1.82) is 0 Å². The Morgan fingerprint density at radius 3 is 2.33 bits per heavy atom. The van der Waals surface area contributed by atoms with Crippen LogP contribution in [0, 0.1) is 0 Å². The van der Waals surface area contributed by atoms with E-state index in [1.807, 2.05) is 38.2 Å². The lowest BCUT2D eigenvalue weighted by Gasteiger charge is -2.11. The van der Waals surface area contributed by atoms with Crippen molar-refractivity contribution in [2.45, 2.75) is 26.7 Å². The molecule has 0 atom stereocenters. The van der Waals surface area contributed by atoms with Crippen LogP contribution in [0.1, 0.15) is 32.5 Å². The molecule has 112 valence electrons. The molecule has 0 fully saturated rings. The lowest BCUT2D eigenvalue weighted by molar-refractivity contribution is 0.339. The quantitative estimate of drug-likeness (QED) is 0.875. The minimum Gasteiger partial charge on any atom is -0.494 e. The van der Waals surface area contributed by atoms with Crippen molar-refractivity contribution in [2.75, 3.05) is 19.0 Å². The van der Waals surface area contributed by atoms with Crippen LogP contribution in [0.25, 0.3) is 0 Å². The Kier molecular flexibility index (Phi) is 4.98.